The van der Waals surface area contributed by atoms with Crippen LogP contribution in [0.4, 0.5) is 0 Å². The molecule has 36 valence electrons. The van der Waals surface area contributed by atoms with E-state index in [4.69, 9.17) is 19.8 Å². The van der Waals surface area contributed by atoms with Crippen molar-refractivity contribution in [2.45, 2.75) is 0 Å². The molecule has 4 nitrogen and oxygen atoms in total. The maximum atomic E-state index is 8.25. The summed E-state index contributed by atoms with van der Waals surface area (Å²) in [4.78, 5) is 16.5. The molecule has 0 bridgehead atoms. The zero-order valence-electron chi connectivity index (χ0n) is 3.49. The molecule has 0 rings (SSSR count). The van der Waals surface area contributed by atoms with Crippen LogP contribution in [0.3, 0.4) is 0 Å². The van der Waals surface area contributed by atoms with E-state index in [1.54, 1.807) is 0 Å². The molecule has 0 aromatic carbocycles. The first kappa shape index (κ1) is 15.9. The van der Waals surface area contributed by atoms with E-state index in [1.165, 1.54) is 0 Å². The van der Waals surface area contributed by atoms with Gasteiger partial charge in [0.05, 0.1) is 0 Å². The van der Waals surface area contributed by atoms with Crippen molar-refractivity contribution in [3.05, 3.63) is 0 Å². The molecule has 0 heterocycles. The number of carboxylic acid groups (broad SMARTS) is 2. The van der Waals surface area contributed by atoms with E-state index in [0.29, 0.717) is 0 Å². The topological polar surface area (TPSA) is 80.3 Å². The molecule has 0 radical (unpaired) electrons. The Morgan fingerprint density at radius 1 is 1.00 bits per heavy atom. The van der Waals surface area contributed by atoms with Gasteiger partial charge >= 0.3 is 23.1 Å². The summed E-state index contributed by atoms with van der Waals surface area (Å²) in [7, 11) is 0. The van der Waals surface area contributed by atoms with Crippen molar-refractivity contribution in [2.24, 2.45) is 0 Å². The molecule has 0 aliphatic rings. The molecule has 0 aliphatic carbocycles. The van der Waals surface area contributed by atoms with Crippen LogP contribution in [-0.2, 0) is 9.59 Å². The smallest absolute Gasteiger partial charge is 0.554 e. The van der Waals surface area contributed by atoms with Crippen molar-refractivity contribution in [1.29, 1.82) is 0 Å². The normalized spacial score (nSPS) is 3.43. The van der Waals surface area contributed by atoms with Gasteiger partial charge in [0.2, 0.25) is 0 Å². The Hall–Kier alpha value is -0.294. The summed E-state index contributed by atoms with van der Waals surface area (Å²) in [6.07, 6.45) is 0. The first-order valence-electron chi connectivity index (χ1n) is 0.943. The molecule has 0 unspecified atom stereocenters. The molecule has 0 fully saturated rings. The predicted octanol–water partition coefficient (Wildman–Crippen LogP) is -3.65. The van der Waals surface area contributed by atoms with Crippen LogP contribution < -0.4 is 10.2 Å². The van der Waals surface area contributed by atoms with Crippen molar-refractivity contribution in [3.63, 3.8) is 0 Å². The SMILES string of the molecule is O=C[O-].O=C[O-].[Mg+2]. The second-order valence-electron chi connectivity index (χ2n) is 0.192. The zero-order chi connectivity index (χ0) is 5.41. The molecule has 5 heteroatoms. The van der Waals surface area contributed by atoms with Crippen LogP contribution in [0.15, 0.2) is 0 Å². The van der Waals surface area contributed by atoms with Crippen molar-refractivity contribution in [3.8, 4) is 0 Å². The fourth-order valence-corrected chi connectivity index (χ4v) is 0. The van der Waals surface area contributed by atoms with Crippen LogP contribution in [-0.4, -0.2) is 36.0 Å². The van der Waals surface area contributed by atoms with Crippen LogP contribution in [0.5, 0.6) is 0 Å². The Balaban J connectivity index is -0.0000000400. The first-order valence-corrected chi connectivity index (χ1v) is 0.943. The van der Waals surface area contributed by atoms with Gasteiger partial charge in [0.1, 0.15) is 0 Å². The number of carbonyl (C=O) groups is 2. The summed E-state index contributed by atoms with van der Waals surface area (Å²) < 4.78 is 0. The maximum Gasteiger partial charge on any atom is 2.00 e. The molecule has 0 aromatic heterocycles. The van der Waals surface area contributed by atoms with Crippen molar-refractivity contribution in [2.75, 3.05) is 0 Å². The van der Waals surface area contributed by atoms with E-state index < -0.39 is 12.9 Å². The summed E-state index contributed by atoms with van der Waals surface area (Å²) in [5.41, 5.74) is 0. The van der Waals surface area contributed by atoms with Crippen molar-refractivity contribution < 1.29 is 19.8 Å². The molecular weight excluding hydrogens is 112 g/mol. The number of rotatable bonds is 0. The van der Waals surface area contributed by atoms with Gasteiger partial charge in [0, 0.05) is 12.9 Å². The first-order chi connectivity index (χ1) is 2.83. The third-order valence-electron chi connectivity index (χ3n) is 0. The molecule has 0 N–H and O–H groups in total. The molecular formula is C2H2MgO4. The van der Waals surface area contributed by atoms with Crippen molar-refractivity contribution in [1.82, 2.24) is 0 Å². The van der Waals surface area contributed by atoms with Gasteiger partial charge in [0.15, 0.2) is 0 Å². The van der Waals surface area contributed by atoms with E-state index in [2.05, 4.69) is 0 Å². The Morgan fingerprint density at radius 2 is 1.00 bits per heavy atom. The van der Waals surface area contributed by atoms with Gasteiger partial charge in [-0.05, 0) is 0 Å². The average molecular weight is 114 g/mol. The van der Waals surface area contributed by atoms with Gasteiger partial charge in [-0.25, -0.2) is 0 Å². The Labute approximate surface area is 56.3 Å². The van der Waals surface area contributed by atoms with E-state index in [1.807, 2.05) is 0 Å². The molecule has 0 spiro atoms. The van der Waals surface area contributed by atoms with Gasteiger partial charge < -0.3 is 19.8 Å². The average Bonchev–Trinajstić information content (AvgIpc) is 1.39. The standard InChI is InChI=1S/2CH2O2.Mg/c2*2-1-3;/h2*1H,(H,2,3);/q;;+2/p-2. The Kier molecular flexibility index (Phi) is 98.6. The molecule has 0 aliphatic heterocycles. The third kappa shape index (κ3) is 908. The minimum atomic E-state index is -0.500. The molecule has 7 heavy (non-hydrogen) atoms. The number of hydrogen-bond acceptors (Lipinski definition) is 4. The van der Waals surface area contributed by atoms with Gasteiger partial charge in [-0.1, -0.05) is 0 Å². The molecule has 0 saturated carbocycles. The van der Waals surface area contributed by atoms with Gasteiger partial charge in [0.25, 0.3) is 0 Å². The maximum absolute atomic E-state index is 8.25. The van der Waals surface area contributed by atoms with Crippen LogP contribution in [0.2, 0.25) is 0 Å². The Morgan fingerprint density at radius 3 is 1.00 bits per heavy atom. The van der Waals surface area contributed by atoms with Gasteiger partial charge in [-0.3, -0.25) is 0 Å². The molecule has 0 aromatic rings. The summed E-state index contributed by atoms with van der Waals surface area (Å²) in [5.74, 6) is 0. The van der Waals surface area contributed by atoms with Crippen LogP contribution in [0.25, 0.3) is 0 Å². The summed E-state index contributed by atoms with van der Waals surface area (Å²) >= 11 is 0. The summed E-state index contributed by atoms with van der Waals surface area (Å²) in [6.45, 7) is -1.00. The monoisotopic (exact) mass is 114 g/mol. The number of hydrogen-bond donors (Lipinski definition) is 0. The van der Waals surface area contributed by atoms with E-state index in [-0.39, 0.29) is 23.1 Å². The summed E-state index contributed by atoms with van der Waals surface area (Å²) in [6, 6.07) is 0. The van der Waals surface area contributed by atoms with Crippen molar-refractivity contribution >= 4 is 36.0 Å². The minimum absolute atomic E-state index is 0. The predicted molar refractivity (Wildman–Crippen MR) is 17.9 cm³/mol. The second-order valence-corrected chi connectivity index (χ2v) is 0.192. The van der Waals surface area contributed by atoms with E-state index in [0.717, 1.165) is 0 Å². The minimum Gasteiger partial charge on any atom is -0.554 e. The van der Waals surface area contributed by atoms with E-state index in [9.17, 15) is 0 Å². The number of carbonyl (C=O) groups excluding carboxylic acids is 2. The summed E-state index contributed by atoms with van der Waals surface area (Å²) in [5, 5.41) is 16.5. The fraction of sp³-hybridized carbons (Fsp3) is 0. The third-order valence-corrected chi connectivity index (χ3v) is 0. The molecule has 0 saturated heterocycles. The van der Waals surface area contributed by atoms with Crippen LogP contribution in [0, 0.1) is 0 Å². The fourth-order valence-electron chi connectivity index (χ4n) is 0. The largest absolute Gasteiger partial charge is 2.00 e. The molecule has 0 amide bonds. The second kappa shape index (κ2) is 43.4. The van der Waals surface area contributed by atoms with Gasteiger partial charge in [-0.2, -0.15) is 0 Å². The van der Waals surface area contributed by atoms with Crippen LogP contribution >= 0.6 is 0 Å². The van der Waals surface area contributed by atoms with E-state index >= 15 is 0 Å². The Bertz CT molecular complexity index is 30.7. The quantitative estimate of drug-likeness (QED) is 0.240. The molecule has 0 atom stereocenters. The van der Waals surface area contributed by atoms with Gasteiger partial charge in [-0.15, -0.1) is 0 Å². The zero-order valence-corrected chi connectivity index (χ0v) is 4.91. The van der Waals surface area contributed by atoms with Crippen LogP contribution in [0.1, 0.15) is 0 Å².